The number of ketones is 1. The number of carbonyl (C=O) groups is 3. The predicted molar refractivity (Wildman–Crippen MR) is 112 cm³/mol. The maximum atomic E-state index is 12.9. The average Bonchev–Trinajstić information content (AvgIpc) is 3.07. The van der Waals surface area contributed by atoms with Crippen LogP contribution in [-0.4, -0.2) is 46.5 Å². The van der Waals surface area contributed by atoms with Gasteiger partial charge in [-0.25, -0.2) is 9.48 Å². The summed E-state index contributed by atoms with van der Waals surface area (Å²) >= 11 is 0. The van der Waals surface area contributed by atoms with Crippen LogP contribution in [0.1, 0.15) is 37.7 Å². The fourth-order valence-corrected chi connectivity index (χ4v) is 3.28. The summed E-state index contributed by atoms with van der Waals surface area (Å²) in [6, 6.07) is 16.2. The molecule has 7 nitrogen and oxygen atoms in total. The van der Waals surface area contributed by atoms with E-state index >= 15 is 0 Å². The molecule has 0 aliphatic rings. The van der Waals surface area contributed by atoms with Crippen molar-refractivity contribution in [2.45, 2.75) is 20.4 Å². The highest BCUT2D eigenvalue weighted by Gasteiger charge is 2.27. The molecule has 2 aromatic carbocycles. The number of nitrogens with zero attached hydrogens (tertiary/aromatic N) is 3. The number of methoxy groups -OCH3 is 1. The fraction of sp³-hybridized carbons (Fsp3) is 0.217. The van der Waals surface area contributed by atoms with E-state index in [4.69, 9.17) is 0 Å². The van der Waals surface area contributed by atoms with Crippen molar-refractivity contribution in [3.8, 4) is 5.69 Å². The number of para-hydroxylation sites is 1. The van der Waals surface area contributed by atoms with Gasteiger partial charge in [-0.15, -0.1) is 0 Å². The molecule has 0 atom stereocenters. The van der Waals surface area contributed by atoms with Gasteiger partial charge in [-0.1, -0.05) is 30.3 Å². The largest absolute Gasteiger partial charge is 0.465 e. The number of esters is 1. The normalized spacial score (nSPS) is 10.5. The van der Waals surface area contributed by atoms with Gasteiger partial charge in [-0.3, -0.25) is 9.59 Å². The summed E-state index contributed by atoms with van der Waals surface area (Å²) in [5.41, 5.74) is 3.48. The van der Waals surface area contributed by atoms with E-state index in [1.807, 2.05) is 30.3 Å². The third kappa shape index (κ3) is 4.15. The molecule has 0 saturated carbocycles. The van der Waals surface area contributed by atoms with Crippen LogP contribution in [0.25, 0.3) is 5.69 Å². The van der Waals surface area contributed by atoms with Crippen LogP contribution in [0.5, 0.6) is 0 Å². The van der Waals surface area contributed by atoms with E-state index in [2.05, 4.69) is 9.84 Å². The molecule has 0 fully saturated rings. The molecule has 0 aliphatic heterocycles. The molecular weight excluding hydrogens is 382 g/mol. The summed E-state index contributed by atoms with van der Waals surface area (Å²) in [5.74, 6) is -1.64. The van der Waals surface area contributed by atoms with Crippen LogP contribution in [0.2, 0.25) is 0 Å². The second-order valence-electron chi connectivity index (χ2n) is 6.97. The van der Waals surface area contributed by atoms with Crippen molar-refractivity contribution in [1.29, 1.82) is 0 Å². The number of hydrogen-bond donors (Lipinski definition) is 0. The SMILES string of the molecule is COC(=O)c1ccc(CN(C)C(=O)C(=O)c2c(C)nn(-c3ccccc3)c2C)cc1. The van der Waals surface area contributed by atoms with Crippen LogP contribution < -0.4 is 0 Å². The zero-order chi connectivity index (χ0) is 21.8. The van der Waals surface area contributed by atoms with Crippen LogP contribution in [0.15, 0.2) is 54.6 Å². The Bertz CT molecular complexity index is 1090. The van der Waals surface area contributed by atoms with Gasteiger partial charge in [0.25, 0.3) is 11.7 Å². The van der Waals surface area contributed by atoms with E-state index in [1.54, 1.807) is 49.8 Å². The van der Waals surface area contributed by atoms with Crippen LogP contribution in [0.3, 0.4) is 0 Å². The van der Waals surface area contributed by atoms with E-state index in [0.29, 0.717) is 22.5 Å². The minimum absolute atomic E-state index is 0.233. The predicted octanol–water partition coefficient (Wildman–Crippen LogP) is 3.12. The van der Waals surface area contributed by atoms with Crippen molar-refractivity contribution >= 4 is 17.7 Å². The summed E-state index contributed by atoms with van der Waals surface area (Å²) in [6.07, 6.45) is 0. The van der Waals surface area contributed by atoms with Crippen molar-refractivity contribution in [1.82, 2.24) is 14.7 Å². The molecule has 0 saturated heterocycles. The molecule has 0 aliphatic carbocycles. The number of hydrogen-bond acceptors (Lipinski definition) is 5. The quantitative estimate of drug-likeness (QED) is 0.358. The van der Waals surface area contributed by atoms with E-state index < -0.39 is 17.7 Å². The first-order valence-electron chi connectivity index (χ1n) is 9.42. The molecule has 7 heteroatoms. The first-order valence-corrected chi connectivity index (χ1v) is 9.42. The van der Waals surface area contributed by atoms with E-state index in [9.17, 15) is 14.4 Å². The van der Waals surface area contributed by atoms with Gasteiger partial charge in [0.1, 0.15) is 0 Å². The second kappa shape index (κ2) is 8.73. The molecule has 1 aromatic heterocycles. The van der Waals surface area contributed by atoms with Crippen LogP contribution in [0.4, 0.5) is 0 Å². The highest BCUT2D eigenvalue weighted by atomic mass is 16.5. The Kier molecular flexibility index (Phi) is 6.11. The van der Waals surface area contributed by atoms with Gasteiger partial charge < -0.3 is 9.64 Å². The highest BCUT2D eigenvalue weighted by molar-refractivity contribution is 6.43. The van der Waals surface area contributed by atoms with Gasteiger partial charge >= 0.3 is 5.97 Å². The lowest BCUT2D eigenvalue weighted by molar-refractivity contribution is -0.125. The van der Waals surface area contributed by atoms with Crippen LogP contribution in [0, 0.1) is 13.8 Å². The minimum atomic E-state index is -0.620. The lowest BCUT2D eigenvalue weighted by atomic mass is 10.1. The number of carbonyl (C=O) groups excluding carboxylic acids is 3. The first kappa shape index (κ1) is 21.0. The minimum Gasteiger partial charge on any atom is -0.465 e. The van der Waals surface area contributed by atoms with E-state index in [1.165, 1.54) is 12.0 Å². The number of rotatable bonds is 6. The van der Waals surface area contributed by atoms with Crippen LogP contribution in [-0.2, 0) is 16.1 Å². The van der Waals surface area contributed by atoms with Crippen LogP contribution >= 0.6 is 0 Å². The molecule has 0 radical (unpaired) electrons. The van der Waals surface area contributed by atoms with Gasteiger partial charge in [0, 0.05) is 13.6 Å². The topological polar surface area (TPSA) is 81.5 Å². The summed E-state index contributed by atoms with van der Waals surface area (Å²) in [4.78, 5) is 38.6. The highest BCUT2D eigenvalue weighted by Crippen LogP contribution is 2.19. The Morgan fingerprint density at radius 2 is 1.63 bits per heavy atom. The van der Waals surface area contributed by atoms with Gasteiger partial charge in [-0.2, -0.15) is 5.10 Å². The third-order valence-corrected chi connectivity index (χ3v) is 4.85. The van der Waals surface area contributed by atoms with Crippen molar-refractivity contribution in [2.75, 3.05) is 14.2 Å². The average molecular weight is 405 g/mol. The Balaban J connectivity index is 1.78. The summed E-state index contributed by atoms with van der Waals surface area (Å²) in [5, 5.41) is 4.44. The molecule has 3 rings (SSSR count). The fourth-order valence-electron chi connectivity index (χ4n) is 3.28. The number of amides is 1. The van der Waals surface area contributed by atoms with E-state index in [0.717, 1.165) is 11.3 Å². The standard InChI is InChI=1S/C23H23N3O4/c1-15-20(16(2)26(24-15)19-8-6-5-7-9-19)21(27)22(28)25(3)14-17-10-12-18(13-11-17)23(29)30-4/h5-13H,14H2,1-4H3. The lowest BCUT2D eigenvalue weighted by Crippen LogP contribution is -2.33. The number of aryl methyl sites for hydroxylation is 1. The molecule has 1 heterocycles. The number of Topliss-reactive ketones (excluding diaryl/α,β-unsaturated/α-hetero) is 1. The Hall–Kier alpha value is -3.74. The maximum Gasteiger partial charge on any atom is 0.337 e. The van der Waals surface area contributed by atoms with Gasteiger partial charge in [0.15, 0.2) is 0 Å². The molecule has 154 valence electrons. The van der Waals surface area contributed by atoms with E-state index in [-0.39, 0.29) is 6.54 Å². The first-order chi connectivity index (χ1) is 14.3. The van der Waals surface area contributed by atoms with Crippen molar-refractivity contribution in [2.24, 2.45) is 0 Å². The molecular formula is C23H23N3O4. The van der Waals surface area contributed by atoms with Gasteiger partial charge in [0.05, 0.1) is 35.3 Å². The zero-order valence-electron chi connectivity index (χ0n) is 17.4. The summed E-state index contributed by atoms with van der Waals surface area (Å²) in [7, 11) is 2.89. The Morgan fingerprint density at radius 3 is 2.23 bits per heavy atom. The number of ether oxygens (including phenoxy) is 1. The molecule has 0 N–H and O–H groups in total. The molecule has 0 bridgehead atoms. The Labute approximate surface area is 174 Å². The smallest absolute Gasteiger partial charge is 0.337 e. The monoisotopic (exact) mass is 405 g/mol. The zero-order valence-corrected chi connectivity index (χ0v) is 17.4. The summed E-state index contributed by atoms with van der Waals surface area (Å²) < 4.78 is 6.34. The molecule has 3 aromatic rings. The second-order valence-corrected chi connectivity index (χ2v) is 6.97. The molecule has 0 unspecified atom stereocenters. The number of likely N-dealkylation sites (N-methyl/N-ethyl adjacent to an activating group) is 1. The Morgan fingerprint density at radius 1 is 1.00 bits per heavy atom. The van der Waals surface area contributed by atoms with Crippen molar-refractivity contribution in [3.05, 3.63) is 82.7 Å². The molecule has 1 amide bonds. The van der Waals surface area contributed by atoms with Gasteiger partial charge in [0.2, 0.25) is 0 Å². The maximum absolute atomic E-state index is 12.9. The van der Waals surface area contributed by atoms with Crippen molar-refractivity contribution in [3.63, 3.8) is 0 Å². The van der Waals surface area contributed by atoms with Crippen molar-refractivity contribution < 1.29 is 19.1 Å². The third-order valence-electron chi connectivity index (χ3n) is 4.85. The molecule has 0 spiro atoms. The lowest BCUT2D eigenvalue weighted by Gasteiger charge is -2.16. The molecule has 30 heavy (non-hydrogen) atoms. The van der Waals surface area contributed by atoms with Gasteiger partial charge in [-0.05, 0) is 43.7 Å². The number of benzene rings is 2. The summed E-state index contributed by atoms with van der Waals surface area (Å²) in [6.45, 7) is 3.73. The number of aromatic nitrogens is 2.